The number of hydrogen-bond donors (Lipinski definition) is 2. The van der Waals surface area contributed by atoms with E-state index < -0.39 is 10.0 Å². The highest BCUT2D eigenvalue weighted by Crippen LogP contribution is 2.33. The van der Waals surface area contributed by atoms with Crippen molar-refractivity contribution in [1.29, 1.82) is 0 Å². The Balaban J connectivity index is 2.43. The van der Waals surface area contributed by atoms with Gasteiger partial charge in [0.25, 0.3) is 10.0 Å². The van der Waals surface area contributed by atoms with Gasteiger partial charge in [-0.05, 0) is 56.1 Å². The average Bonchev–Trinajstić information content (AvgIpc) is 2.30. The molecule has 2 rings (SSSR count). The molecule has 0 aliphatic heterocycles. The van der Waals surface area contributed by atoms with Crippen LogP contribution >= 0.6 is 43.5 Å². The van der Waals surface area contributed by atoms with Gasteiger partial charge in [-0.15, -0.1) is 0 Å². The van der Waals surface area contributed by atoms with Gasteiger partial charge in [0.1, 0.15) is 10.7 Å². The molecule has 0 fully saturated rings. The normalized spacial score (nSPS) is 11.3. The maximum atomic E-state index is 12.4. The standard InChI is InChI=1S/C11H8Br2ClN3O2S/c12-8-3-7(15)4-9(13)11(8)20(18,19)17-10-2-1-6(14)5-16-10/h1-5H,15H2,(H,16,17). The van der Waals surface area contributed by atoms with Crippen molar-refractivity contribution >= 4 is 65.0 Å². The number of nitrogens with one attached hydrogen (secondary N) is 1. The zero-order valence-corrected chi connectivity index (χ0v) is 14.5. The van der Waals surface area contributed by atoms with Gasteiger partial charge in [0.15, 0.2) is 0 Å². The molecule has 0 atom stereocenters. The van der Waals surface area contributed by atoms with Gasteiger partial charge in [0.2, 0.25) is 0 Å². The monoisotopic (exact) mass is 439 g/mol. The van der Waals surface area contributed by atoms with Crippen LogP contribution in [0.15, 0.2) is 44.3 Å². The predicted octanol–water partition coefficient (Wildman–Crippen LogP) is 3.64. The van der Waals surface area contributed by atoms with E-state index in [4.69, 9.17) is 17.3 Å². The van der Waals surface area contributed by atoms with E-state index in [0.29, 0.717) is 19.7 Å². The molecular weight excluding hydrogens is 433 g/mol. The Hall–Kier alpha value is -0.830. The lowest BCUT2D eigenvalue weighted by Gasteiger charge is -2.11. The summed E-state index contributed by atoms with van der Waals surface area (Å²) in [6.07, 6.45) is 1.35. The molecule has 0 spiro atoms. The number of benzene rings is 1. The lowest BCUT2D eigenvalue weighted by molar-refractivity contribution is 0.600. The van der Waals surface area contributed by atoms with Crippen molar-refractivity contribution in [3.05, 3.63) is 44.4 Å². The Labute approximate surface area is 137 Å². The van der Waals surface area contributed by atoms with Gasteiger partial charge in [0, 0.05) is 20.8 Å². The highest BCUT2D eigenvalue weighted by molar-refractivity contribution is 9.11. The van der Waals surface area contributed by atoms with Gasteiger partial charge in [-0.25, -0.2) is 13.4 Å². The molecule has 2 aromatic rings. The van der Waals surface area contributed by atoms with Crippen LogP contribution in [-0.2, 0) is 10.0 Å². The first-order valence-electron chi connectivity index (χ1n) is 5.18. The predicted molar refractivity (Wildman–Crippen MR) is 86.3 cm³/mol. The molecule has 0 aliphatic rings. The largest absolute Gasteiger partial charge is 0.399 e. The van der Waals surface area contributed by atoms with Crippen LogP contribution < -0.4 is 10.5 Å². The Bertz CT molecular complexity index is 728. The van der Waals surface area contributed by atoms with Crippen LogP contribution in [0.25, 0.3) is 0 Å². The number of rotatable bonds is 3. The molecule has 3 N–H and O–H groups in total. The fourth-order valence-electron chi connectivity index (χ4n) is 1.46. The van der Waals surface area contributed by atoms with Crippen LogP contribution in [0.1, 0.15) is 0 Å². The van der Waals surface area contributed by atoms with Crippen molar-refractivity contribution < 1.29 is 8.42 Å². The summed E-state index contributed by atoms with van der Waals surface area (Å²) < 4.78 is 27.8. The van der Waals surface area contributed by atoms with E-state index in [1.807, 2.05) is 0 Å². The molecule has 1 aromatic heterocycles. The van der Waals surface area contributed by atoms with Crippen molar-refractivity contribution in [3.63, 3.8) is 0 Å². The van der Waals surface area contributed by atoms with E-state index >= 15 is 0 Å². The average molecular weight is 442 g/mol. The maximum Gasteiger partial charge on any atom is 0.265 e. The first-order chi connectivity index (χ1) is 9.29. The molecule has 0 radical (unpaired) electrons. The summed E-state index contributed by atoms with van der Waals surface area (Å²) in [6, 6.07) is 6.03. The number of hydrogen-bond acceptors (Lipinski definition) is 4. The lowest BCUT2D eigenvalue weighted by atomic mass is 10.3. The van der Waals surface area contributed by atoms with E-state index in [1.54, 1.807) is 6.07 Å². The quantitative estimate of drug-likeness (QED) is 0.712. The van der Waals surface area contributed by atoms with Crippen molar-refractivity contribution in [2.75, 3.05) is 10.5 Å². The van der Waals surface area contributed by atoms with Crippen LogP contribution in [0, 0.1) is 0 Å². The number of nitrogen functional groups attached to an aromatic ring is 1. The second kappa shape index (κ2) is 5.88. The van der Waals surface area contributed by atoms with Crippen molar-refractivity contribution in [3.8, 4) is 0 Å². The summed E-state index contributed by atoms with van der Waals surface area (Å²) in [4.78, 5) is 3.93. The summed E-state index contributed by atoms with van der Waals surface area (Å²) >= 11 is 12.1. The van der Waals surface area contributed by atoms with E-state index in [0.717, 1.165) is 0 Å². The molecule has 0 saturated heterocycles. The van der Waals surface area contributed by atoms with E-state index in [1.165, 1.54) is 24.4 Å². The Morgan fingerprint density at radius 1 is 1.20 bits per heavy atom. The van der Waals surface area contributed by atoms with Gasteiger partial charge in [-0.2, -0.15) is 0 Å². The summed E-state index contributed by atoms with van der Waals surface area (Å²) in [5.41, 5.74) is 6.08. The van der Waals surface area contributed by atoms with Crippen molar-refractivity contribution in [2.45, 2.75) is 4.90 Å². The Kier molecular flexibility index (Phi) is 4.58. The Morgan fingerprint density at radius 3 is 2.30 bits per heavy atom. The van der Waals surface area contributed by atoms with Gasteiger partial charge >= 0.3 is 0 Å². The van der Waals surface area contributed by atoms with Gasteiger partial charge < -0.3 is 5.73 Å². The number of halogens is 3. The van der Waals surface area contributed by atoms with Crippen molar-refractivity contribution in [2.24, 2.45) is 0 Å². The van der Waals surface area contributed by atoms with Crippen LogP contribution in [-0.4, -0.2) is 13.4 Å². The molecular formula is C11H8Br2ClN3O2S. The molecule has 5 nitrogen and oxygen atoms in total. The molecule has 1 aromatic carbocycles. The summed E-state index contributed by atoms with van der Waals surface area (Å²) in [6.45, 7) is 0. The van der Waals surface area contributed by atoms with Gasteiger partial charge in [-0.1, -0.05) is 11.6 Å². The summed E-state index contributed by atoms with van der Waals surface area (Å²) in [5.74, 6) is 0.171. The molecule has 1 heterocycles. The number of sulfonamides is 1. The molecule has 0 aliphatic carbocycles. The van der Waals surface area contributed by atoms with E-state index in [9.17, 15) is 8.42 Å². The number of nitrogens with two attached hydrogens (primary N) is 1. The molecule has 9 heteroatoms. The highest BCUT2D eigenvalue weighted by Gasteiger charge is 2.22. The van der Waals surface area contributed by atoms with Crippen LogP contribution in [0.2, 0.25) is 5.02 Å². The molecule has 0 bridgehead atoms. The molecule has 0 saturated carbocycles. The molecule has 0 amide bonds. The number of nitrogens with zero attached hydrogens (tertiary/aromatic N) is 1. The number of pyridine rings is 1. The molecule has 20 heavy (non-hydrogen) atoms. The second-order valence-electron chi connectivity index (χ2n) is 3.78. The third-order valence-electron chi connectivity index (χ3n) is 2.26. The molecule has 0 unspecified atom stereocenters. The first-order valence-corrected chi connectivity index (χ1v) is 8.63. The van der Waals surface area contributed by atoms with Crippen molar-refractivity contribution in [1.82, 2.24) is 4.98 Å². The zero-order chi connectivity index (χ0) is 14.9. The first kappa shape index (κ1) is 15.6. The minimum atomic E-state index is -3.81. The number of anilines is 2. The van der Waals surface area contributed by atoms with Gasteiger partial charge in [0.05, 0.1) is 5.02 Å². The van der Waals surface area contributed by atoms with Crippen LogP contribution in [0.4, 0.5) is 11.5 Å². The minimum absolute atomic E-state index is 0.0449. The third-order valence-corrected chi connectivity index (χ3v) is 5.71. The SMILES string of the molecule is Nc1cc(Br)c(S(=O)(=O)Nc2ccc(Cl)cn2)c(Br)c1. The summed E-state index contributed by atoms with van der Waals surface area (Å²) in [5, 5.41) is 0.419. The van der Waals surface area contributed by atoms with Gasteiger partial charge in [-0.3, -0.25) is 4.72 Å². The van der Waals surface area contributed by atoms with E-state index in [2.05, 4.69) is 41.6 Å². The van der Waals surface area contributed by atoms with Crippen LogP contribution in [0.3, 0.4) is 0 Å². The van der Waals surface area contributed by atoms with E-state index in [-0.39, 0.29) is 10.7 Å². The summed E-state index contributed by atoms with van der Waals surface area (Å²) in [7, 11) is -3.81. The number of aromatic nitrogens is 1. The molecule has 106 valence electrons. The lowest BCUT2D eigenvalue weighted by Crippen LogP contribution is -2.15. The smallest absolute Gasteiger partial charge is 0.265 e. The fourth-order valence-corrected chi connectivity index (χ4v) is 5.20. The fraction of sp³-hybridized carbons (Fsp3) is 0. The minimum Gasteiger partial charge on any atom is -0.399 e. The Morgan fingerprint density at radius 2 is 1.80 bits per heavy atom. The third kappa shape index (κ3) is 3.43. The second-order valence-corrected chi connectivity index (χ2v) is 7.55. The van der Waals surface area contributed by atoms with Crippen LogP contribution in [0.5, 0.6) is 0 Å². The topological polar surface area (TPSA) is 85.1 Å². The maximum absolute atomic E-state index is 12.4. The zero-order valence-electron chi connectivity index (χ0n) is 9.77. The highest BCUT2D eigenvalue weighted by atomic mass is 79.9.